The van der Waals surface area contributed by atoms with Gasteiger partial charge in [-0.1, -0.05) is 23.7 Å². The van der Waals surface area contributed by atoms with Crippen molar-refractivity contribution in [2.45, 2.75) is 18.6 Å². The van der Waals surface area contributed by atoms with Crippen molar-refractivity contribution < 1.29 is 14.6 Å². The van der Waals surface area contributed by atoms with Gasteiger partial charge < -0.3 is 15.6 Å². The van der Waals surface area contributed by atoms with Gasteiger partial charge in [0, 0.05) is 11.4 Å². The molecule has 0 bridgehead atoms. The van der Waals surface area contributed by atoms with E-state index in [1.165, 1.54) is 0 Å². The van der Waals surface area contributed by atoms with Crippen molar-refractivity contribution in [2.24, 2.45) is 5.73 Å². The van der Waals surface area contributed by atoms with Gasteiger partial charge in [0.15, 0.2) is 6.10 Å². The number of carbonyl (C=O) groups is 1. The quantitative estimate of drug-likeness (QED) is 0.762. The fourth-order valence-electron chi connectivity index (χ4n) is 1.85. The highest BCUT2D eigenvalue weighted by Crippen LogP contribution is 2.37. The second-order valence-corrected chi connectivity index (χ2v) is 3.84. The maximum absolute atomic E-state index is 10.7. The molecule has 0 saturated heterocycles. The van der Waals surface area contributed by atoms with Gasteiger partial charge in [0.2, 0.25) is 0 Å². The highest BCUT2D eigenvalue weighted by Gasteiger charge is 2.34. The first-order valence-electron chi connectivity index (χ1n) is 4.51. The highest BCUT2D eigenvalue weighted by atomic mass is 35.5. The van der Waals surface area contributed by atoms with E-state index in [9.17, 15) is 9.90 Å². The van der Waals surface area contributed by atoms with Crippen LogP contribution in [-0.2, 0) is 11.2 Å². The monoisotopic (exact) mass is 227 g/mol. The van der Waals surface area contributed by atoms with Crippen LogP contribution in [-0.4, -0.2) is 17.3 Å². The predicted molar refractivity (Wildman–Crippen MR) is 54.6 cm³/mol. The van der Waals surface area contributed by atoms with E-state index in [1.807, 2.05) is 0 Å². The van der Waals surface area contributed by atoms with Crippen LogP contribution >= 0.6 is 11.6 Å². The molecule has 15 heavy (non-hydrogen) atoms. The largest absolute Gasteiger partial charge is 0.439 e. The zero-order chi connectivity index (χ0) is 11.0. The number of hydrogen-bond donors (Lipinski definition) is 2. The molecule has 1 amide bonds. The first-order valence-corrected chi connectivity index (χ1v) is 4.89. The summed E-state index contributed by atoms with van der Waals surface area (Å²) in [5.41, 5.74) is 6.47. The van der Waals surface area contributed by atoms with E-state index in [0.29, 0.717) is 11.4 Å². The molecule has 0 heterocycles. The SMILES string of the molecule is NC(=O)O[C@@H]1c2cccc(Cl)c2C[C@@H]1O. The lowest BCUT2D eigenvalue weighted by atomic mass is 10.1. The standard InChI is InChI=1S/C10H10ClNO3/c11-7-3-1-2-5-6(7)4-8(13)9(5)15-10(12)14/h1-3,8-9,13H,4H2,(H2,12,14)/t8-,9+/m0/s1. The van der Waals surface area contributed by atoms with Crippen LogP contribution in [0, 0.1) is 0 Å². The van der Waals surface area contributed by atoms with Crippen LogP contribution in [0.15, 0.2) is 18.2 Å². The number of aliphatic hydroxyl groups is 1. The summed E-state index contributed by atoms with van der Waals surface area (Å²) in [6.45, 7) is 0. The minimum absolute atomic E-state index is 0.382. The van der Waals surface area contributed by atoms with Crippen molar-refractivity contribution in [1.29, 1.82) is 0 Å². The number of carbonyl (C=O) groups excluding carboxylic acids is 1. The van der Waals surface area contributed by atoms with Crippen LogP contribution in [0.4, 0.5) is 4.79 Å². The van der Waals surface area contributed by atoms with Gasteiger partial charge in [-0.2, -0.15) is 0 Å². The van der Waals surface area contributed by atoms with Gasteiger partial charge in [-0.25, -0.2) is 4.79 Å². The third kappa shape index (κ3) is 1.78. The summed E-state index contributed by atoms with van der Waals surface area (Å²) in [7, 11) is 0. The Kier molecular flexibility index (Phi) is 2.54. The Bertz CT molecular complexity index is 408. The Labute approximate surface area is 91.6 Å². The van der Waals surface area contributed by atoms with Crippen LogP contribution in [0.5, 0.6) is 0 Å². The smallest absolute Gasteiger partial charge is 0.405 e. The molecule has 1 aromatic rings. The first-order chi connectivity index (χ1) is 7.09. The average Bonchev–Trinajstić information content (AvgIpc) is 2.45. The van der Waals surface area contributed by atoms with E-state index < -0.39 is 18.3 Å². The maximum atomic E-state index is 10.7. The molecule has 0 saturated carbocycles. The molecule has 1 aromatic carbocycles. The van der Waals surface area contributed by atoms with Crippen molar-refractivity contribution in [3.05, 3.63) is 34.3 Å². The minimum Gasteiger partial charge on any atom is -0.439 e. The van der Waals surface area contributed by atoms with E-state index in [-0.39, 0.29) is 0 Å². The molecule has 0 spiro atoms. The van der Waals surface area contributed by atoms with Crippen molar-refractivity contribution in [3.63, 3.8) is 0 Å². The lowest BCUT2D eigenvalue weighted by Gasteiger charge is -2.14. The maximum Gasteiger partial charge on any atom is 0.405 e. The Hall–Kier alpha value is -1.26. The average molecular weight is 228 g/mol. The molecule has 1 aliphatic carbocycles. The Morgan fingerprint density at radius 1 is 1.60 bits per heavy atom. The molecule has 0 unspecified atom stereocenters. The van der Waals surface area contributed by atoms with Crippen molar-refractivity contribution >= 4 is 17.7 Å². The van der Waals surface area contributed by atoms with Crippen molar-refractivity contribution in [3.8, 4) is 0 Å². The Balaban J connectivity index is 2.37. The third-order valence-corrected chi connectivity index (χ3v) is 2.82. The summed E-state index contributed by atoms with van der Waals surface area (Å²) in [5.74, 6) is 0. The van der Waals surface area contributed by atoms with Gasteiger partial charge in [-0.15, -0.1) is 0 Å². The molecule has 2 rings (SSSR count). The summed E-state index contributed by atoms with van der Waals surface area (Å²) < 4.78 is 4.84. The molecule has 0 radical (unpaired) electrons. The number of halogens is 1. The van der Waals surface area contributed by atoms with Gasteiger partial charge in [0.05, 0.1) is 6.10 Å². The second kappa shape index (κ2) is 3.72. The zero-order valence-electron chi connectivity index (χ0n) is 7.81. The van der Waals surface area contributed by atoms with Crippen molar-refractivity contribution in [1.82, 2.24) is 0 Å². The third-order valence-electron chi connectivity index (χ3n) is 2.47. The number of rotatable bonds is 1. The second-order valence-electron chi connectivity index (χ2n) is 3.44. The van der Waals surface area contributed by atoms with E-state index in [1.54, 1.807) is 18.2 Å². The highest BCUT2D eigenvalue weighted by molar-refractivity contribution is 6.31. The number of primary amides is 1. The summed E-state index contributed by atoms with van der Waals surface area (Å²) in [6.07, 6.45) is -1.98. The lowest BCUT2D eigenvalue weighted by Crippen LogP contribution is -2.23. The number of hydrogen-bond acceptors (Lipinski definition) is 3. The molecule has 5 heteroatoms. The van der Waals surface area contributed by atoms with E-state index in [0.717, 1.165) is 11.1 Å². The predicted octanol–water partition coefficient (Wildman–Crippen LogP) is 1.39. The van der Waals surface area contributed by atoms with Gasteiger partial charge >= 0.3 is 6.09 Å². The fraction of sp³-hybridized carbons (Fsp3) is 0.300. The van der Waals surface area contributed by atoms with E-state index in [2.05, 4.69) is 0 Å². The number of aliphatic hydroxyl groups excluding tert-OH is 1. The summed E-state index contributed by atoms with van der Waals surface area (Å²) >= 11 is 5.95. The van der Waals surface area contributed by atoms with Gasteiger partial charge in [0.25, 0.3) is 0 Å². The molecule has 3 N–H and O–H groups in total. The Morgan fingerprint density at radius 3 is 3.00 bits per heavy atom. The van der Waals surface area contributed by atoms with E-state index >= 15 is 0 Å². The topological polar surface area (TPSA) is 72.6 Å². The van der Waals surface area contributed by atoms with Crippen LogP contribution in [0.3, 0.4) is 0 Å². The number of amides is 1. The van der Waals surface area contributed by atoms with E-state index in [4.69, 9.17) is 22.1 Å². The van der Waals surface area contributed by atoms with Crippen LogP contribution in [0.25, 0.3) is 0 Å². The molecular weight excluding hydrogens is 218 g/mol. The van der Waals surface area contributed by atoms with Gasteiger partial charge in [-0.05, 0) is 17.2 Å². The number of fused-ring (bicyclic) bond motifs is 1. The van der Waals surface area contributed by atoms with Crippen LogP contribution < -0.4 is 5.73 Å². The molecule has 0 fully saturated rings. The minimum atomic E-state index is -0.896. The van der Waals surface area contributed by atoms with Crippen LogP contribution in [0.2, 0.25) is 5.02 Å². The number of nitrogens with two attached hydrogens (primary N) is 1. The van der Waals surface area contributed by atoms with Gasteiger partial charge in [0.1, 0.15) is 0 Å². The van der Waals surface area contributed by atoms with Gasteiger partial charge in [-0.3, -0.25) is 0 Å². The normalized spacial score (nSPS) is 23.6. The molecule has 0 aromatic heterocycles. The molecule has 80 valence electrons. The fourth-order valence-corrected chi connectivity index (χ4v) is 2.11. The number of benzene rings is 1. The van der Waals surface area contributed by atoms with Crippen LogP contribution in [0.1, 0.15) is 17.2 Å². The molecule has 2 atom stereocenters. The molecule has 0 aliphatic heterocycles. The summed E-state index contributed by atoms with van der Waals surface area (Å²) in [6, 6.07) is 5.25. The summed E-state index contributed by atoms with van der Waals surface area (Å²) in [5, 5.41) is 10.3. The molecule has 1 aliphatic rings. The zero-order valence-corrected chi connectivity index (χ0v) is 8.57. The summed E-state index contributed by atoms with van der Waals surface area (Å²) in [4.78, 5) is 10.7. The first kappa shape index (κ1) is 10.3. The lowest BCUT2D eigenvalue weighted by molar-refractivity contribution is 0.0169. The molecular formula is C10H10ClNO3. The molecule has 4 nitrogen and oxygen atoms in total. The number of ether oxygens (including phenoxy) is 1. The van der Waals surface area contributed by atoms with Crippen molar-refractivity contribution in [2.75, 3.05) is 0 Å². The Morgan fingerprint density at radius 2 is 2.33 bits per heavy atom.